The van der Waals surface area contributed by atoms with Gasteiger partial charge in [-0.3, -0.25) is 14.2 Å². The second-order valence-corrected chi connectivity index (χ2v) is 16.8. The first-order chi connectivity index (χ1) is 19.5. The number of hydrogen-bond donors (Lipinski definition) is 1. The van der Waals surface area contributed by atoms with E-state index >= 15 is 0 Å². The Labute approximate surface area is 257 Å². The highest BCUT2D eigenvalue weighted by Crippen LogP contribution is 2.50. The second-order valence-electron chi connectivity index (χ2n) is 12.7. The normalized spacial score (nSPS) is 16.0. The van der Waals surface area contributed by atoms with Crippen molar-refractivity contribution in [2.75, 3.05) is 43.4 Å². The average Bonchev–Trinajstić information content (AvgIpc) is 3.45. The molecule has 0 saturated carbocycles. The lowest BCUT2D eigenvalue weighted by Gasteiger charge is -2.32. The molecule has 14 heteroatoms. The van der Waals surface area contributed by atoms with Crippen molar-refractivity contribution in [1.82, 2.24) is 19.5 Å². The first-order valence-corrected chi connectivity index (χ1v) is 17.6. The van der Waals surface area contributed by atoms with E-state index in [1.807, 2.05) is 46.1 Å². The predicted molar refractivity (Wildman–Crippen MR) is 169 cm³/mol. The van der Waals surface area contributed by atoms with E-state index in [1.54, 1.807) is 6.33 Å². The van der Waals surface area contributed by atoms with E-state index in [-0.39, 0.29) is 36.4 Å². The van der Waals surface area contributed by atoms with E-state index in [1.165, 1.54) is 17.5 Å². The lowest BCUT2D eigenvalue weighted by atomic mass is 9.95. The van der Waals surface area contributed by atoms with Crippen LogP contribution in [0.2, 0.25) is 0 Å². The van der Waals surface area contributed by atoms with Gasteiger partial charge in [0, 0.05) is 22.3 Å². The van der Waals surface area contributed by atoms with Gasteiger partial charge < -0.3 is 24.1 Å². The van der Waals surface area contributed by atoms with E-state index in [0.717, 1.165) is 23.5 Å². The van der Waals surface area contributed by atoms with E-state index in [0.29, 0.717) is 41.3 Å². The molecule has 2 aromatic rings. The summed E-state index contributed by atoms with van der Waals surface area (Å²) in [5, 5.41) is 0.0437. The number of carbonyl (C=O) groups is 2. The van der Waals surface area contributed by atoms with Crippen molar-refractivity contribution in [3.05, 3.63) is 23.8 Å². The van der Waals surface area contributed by atoms with Crippen LogP contribution in [0.25, 0.3) is 11.2 Å². The van der Waals surface area contributed by atoms with Crippen LogP contribution in [0.1, 0.15) is 68.2 Å². The summed E-state index contributed by atoms with van der Waals surface area (Å²) in [6, 6.07) is 0. The molecule has 0 aromatic carbocycles. The summed E-state index contributed by atoms with van der Waals surface area (Å²) < 4.78 is 33.4. The van der Waals surface area contributed by atoms with Gasteiger partial charge in [0.05, 0.1) is 31.7 Å². The molecule has 3 rings (SSSR count). The maximum Gasteiger partial charge on any atom is 0.356 e. The molecule has 42 heavy (non-hydrogen) atoms. The molecule has 0 fully saturated rings. The minimum atomic E-state index is -3.73. The van der Waals surface area contributed by atoms with Gasteiger partial charge in [-0.25, -0.2) is 15.0 Å². The number of aromatic nitrogens is 4. The summed E-state index contributed by atoms with van der Waals surface area (Å²) >= 11 is 2.27. The Morgan fingerprint density at radius 3 is 1.98 bits per heavy atom. The summed E-state index contributed by atoms with van der Waals surface area (Å²) in [7, 11) is -3.73. The molecule has 0 bridgehead atoms. The fourth-order valence-electron chi connectivity index (χ4n) is 4.41. The van der Waals surface area contributed by atoms with Crippen molar-refractivity contribution >= 4 is 58.3 Å². The van der Waals surface area contributed by atoms with Gasteiger partial charge in [-0.1, -0.05) is 76.2 Å². The number of nitrogens with two attached hydrogens (primary N) is 1. The van der Waals surface area contributed by atoms with Crippen LogP contribution >= 0.6 is 31.1 Å². The smallest absolute Gasteiger partial charge is 0.356 e. The highest BCUT2D eigenvalue weighted by atomic mass is 32.2. The maximum absolute atomic E-state index is 13.8. The van der Waals surface area contributed by atoms with Crippen molar-refractivity contribution < 1.29 is 27.9 Å². The first kappa shape index (κ1) is 34.7. The van der Waals surface area contributed by atoms with Gasteiger partial charge in [0.1, 0.15) is 18.2 Å². The van der Waals surface area contributed by atoms with Crippen molar-refractivity contribution in [3.63, 3.8) is 0 Å². The third-order valence-corrected chi connectivity index (χ3v) is 11.0. The molecular formula is C28H44N5O6PS2. The van der Waals surface area contributed by atoms with Crippen LogP contribution < -0.4 is 5.73 Å². The van der Waals surface area contributed by atoms with Gasteiger partial charge in [0.15, 0.2) is 21.7 Å². The lowest BCUT2D eigenvalue weighted by Crippen LogP contribution is -2.36. The third-order valence-electron chi connectivity index (χ3n) is 6.84. The third kappa shape index (κ3) is 8.89. The zero-order valence-corrected chi connectivity index (χ0v) is 28.4. The molecule has 1 aliphatic carbocycles. The van der Waals surface area contributed by atoms with Crippen LogP contribution in [-0.4, -0.2) is 67.4 Å². The van der Waals surface area contributed by atoms with Gasteiger partial charge in [0.2, 0.25) is 0 Å². The SMILES string of the molecule is CC1=C(C)CC(COCP(=O)(OCCSC(=O)C(C)(C)C)OCCSC(=O)C(C)(C)C)(n2cnc3c(N)ncnc32)C1. The zero-order chi connectivity index (χ0) is 31.3. The van der Waals surface area contributed by atoms with Crippen LogP contribution in [0.4, 0.5) is 5.82 Å². The van der Waals surface area contributed by atoms with Gasteiger partial charge in [-0.2, -0.15) is 0 Å². The van der Waals surface area contributed by atoms with E-state index in [9.17, 15) is 14.2 Å². The summed E-state index contributed by atoms with van der Waals surface area (Å²) in [4.78, 5) is 37.5. The maximum atomic E-state index is 13.8. The van der Waals surface area contributed by atoms with Crippen LogP contribution in [-0.2, 0) is 33.5 Å². The molecule has 234 valence electrons. The summed E-state index contributed by atoms with van der Waals surface area (Å²) in [5.74, 6) is 0.954. The predicted octanol–water partition coefficient (Wildman–Crippen LogP) is 6.05. The van der Waals surface area contributed by atoms with E-state index in [4.69, 9.17) is 19.5 Å². The van der Waals surface area contributed by atoms with Gasteiger partial charge in [0.25, 0.3) is 0 Å². The molecule has 2 aromatic heterocycles. The van der Waals surface area contributed by atoms with E-state index < -0.39 is 24.0 Å². The Hall–Kier alpha value is -1.76. The standard InChI is InChI=1S/C28H44N5O6PS2/c1-19-13-28(14-20(19)2,33-17-32-21-22(29)30-16-31-23(21)33)15-37-18-40(36,38-9-11-41-24(34)26(3,4)5)39-10-12-42-25(35)27(6,7)8/h16-17H,9-15,18H2,1-8H3,(H2,29,30,31). The Kier molecular flexibility index (Phi) is 11.5. The largest absolute Gasteiger partial charge is 0.382 e. The summed E-state index contributed by atoms with van der Waals surface area (Å²) in [6.45, 7) is 15.6. The van der Waals surface area contributed by atoms with Crippen molar-refractivity contribution in [3.8, 4) is 0 Å². The van der Waals surface area contributed by atoms with Gasteiger partial charge in [-0.15, -0.1) is 0 Å². The molecule has 0 amide bonds. The van der Waals surface area contributed by atoms with Crippen LogP contribution in [0.3, 0.4) is 0 Å². The first-order valence-electron chi connectivity index (χ1n) is 13.9. The number of anilines is 1. The number of rotatable bonds is 13. The summed E-state index contributed by atoms with van der Waals surface area (Å²) in [5.41, 5.74) is 8.09. The Bertz CT molecular complexity index is 1310. The van der Waals surface area contributed by atoms with Crippen molar-refractivity contribution in [1.29, 1.82) is 0 Å². The number of hydrogen-bond acceptors (Lipinski definition) is 12. The molecule has 11 nitrogen and oxygen atoms in total. The minimum Gasteiger partial charge on any atom is -0.382 e. The number of allylic oxidation sites excluding steroid dienone is 2. The zero-order valence-electron chi connectivity index (χ0n) is 25.9. The molecule has 2 N–H and O–H groups in total. The number of nitrogen functional groups attached to an aromatic ring is 1. The fraction of sp³-hybridized carbons (Fsp3) is 0.679. The molecule has 0 saturated heterocycles. The molecule has 0 radical (unpaired) electrons. The number of nitrogens with zero attached hydrogens (tertiary/aromatic N) is 4. The fourth-order valence-corrected chi connectivity index (χ4v) is 7.50. The number of imidazole rings is 1. The monoisotopic (exact) mass is 641 g/mol. The Balaban J connectivity index is 1.71. The van der Waals surface area contributed by atoms with Crippen molar-refractivity contribution in [2.45, 2.75) is 73.8 Å². The van der Waals surface area contributed by atoms with Crippen LogP contribution in [0.15, 0.2) is 23.8 Å². The Morgan fingerprint density at radius 2 is 1.48 bits per heavy atom. The highest BCUT2D eigenvalue weighted by molar-refractivity contribution is 8.14. The molecule has 1 aliphatic rings. The van der Waals surface area contributed by atoms with E-state index in [2.05, 4.69) is 28.8 Å². The van der Waals surface area contributed by atoms with Crippen molar-refractivity contribution in [2.24, 2.45) is 10.8 Å². The second kappa shape index (κ2) is 13.9. The topological polar surface area (TPSA) is 149 Å². The quantitative estimate of drug-likeness (QED) is 0.154. The number of thioether (sulfide) groups is 2. The average molecular weight is 642 g/mol. The Morgan fingerprint density at radius 1 is 0.952 bits per heavy atom. The van der Waals surface area contributed by atoms with Gasteiger partial charge >= 0.3 is 7.60 Å². The number of ether oxygens (including phenoxy) is 1. The molecule has 0 unspecified atom stereocenters. The minimum absolute atomic E-state index is 0.0219. The van der Waals surface area contributed by atoms with Crippen LogP contribution in [0, 0.1) is 10.8 Å². The molecule has 0 spiro atoms. The number of carbonyl (C=O) groups excluding carboxylic acids is 2. The summed E-state index contributed by atoms with van der Waals surface area (Å²) in [6.07, 6.45) is 4.21. The number of fused-ring (bicyclic) bond motifs is 1. The molecule has 2 heterocycles. The van der Waals surface area contributed by atoms with Gasteiger partial charge in [-0.05, 0) is 26.7 Å². The molecule has 0 atom stereocenters. The molecular weight excluding hydrogens is 597 g/mol. The lowest BCUT2D eigenvalue weighted by molar-refractivity contribution is -0.118. The van der Waals surface area contributed by atoms with Crippen LogP contribution in [0.5, 0.6) is 0 Å². The molecule has 0 aliphatic heterocycles. The highest BCUT2D eigenvalue weighted by Gasteiger charge is 2.41.